The van der Waals surface area contributed by atoms with Gasteiger partial charge in [-0.1, -0.05) is 12.2 Å². The Balaban J connectivity index is 1.68. The van der Waals surface area contributed by atoms with Gasteiger partial charge in [0.1, 0.15) is 5.75 Å². The number of anilines is 2. The van der Waals surface area contributed by atoms with Crippen LogP contribution >= 0.6 is 0 Å². The summed E-state index contributed by atoms with van der Waals surface area (Å²) >= 11 is 0. The summed E-state index contributed by atoms with van der Waals surface area (Å²) in [5.41, 5.74) is 1.93. The minimum Gasteiger partial charge on any atom is -0.492 e. The van der Waals surface area contributed by atoms with E-state index in [-0.39, 0.29) is 5.91 Å². The molecule has 1 aromatic carbocycles. The summed E-state index contributed by atoms with van der Waals surface area (Å²) in [6.07, 6.45) is 7.02. The van der Waals surface area contributed by atoms with Crippen molar-refractivity contribution in [2.45, 2.75) is 26.2 Å². The van der Waals surface area contributed by atoms with Gasteiger partial charge < -0.3 is 19.9 Å². The van der Waals surface area contributed by atoms with Gasteiger partial charge in [-0.05, 0) is 44.9 Å². The van der Waals surface area contributed by atoms with Crippen LogP contribution in [0.3, 0.4) is 0 Å². The van der Waals surface area contributed by atoms with Crippen molar-refractivity contribution >= 4 is 17.3 Å². The van der Waals surface area contributed by atoms with Gasteiger partial charge in [-0.25, -0.2) is 0 Å². The normalized spacial score (nSPS) is 20.7. The van der Waals surface area contributed by atoms with Crippen molar-refractivity contribution in [3.05, 3.63) is 30.4 Å². The van der Waals surface area contributed by atoms with Gasteiger partial charge in [-0.3, -0.25) is 4.79 Å². The fourth-order valence-corrected chi connectivity index (χ4v) is 3.46. The highest BCUT2D eigenvalue weighted by Crippen LogP contribution is 2.31. The first-order valence-electron chi connectivity index (χ1n) is 9.32. The standard InChI is InChI=1S/C20H29N3O2/c1-3-25-19-15-17(23-12-10-22(2)11-13-23)8-9-18(19)21-20(24)14-16-6-4-5-7-16/h4,6,8-9,15-16H,3,5,7,10-14H2,1-2H3,(H,21,24)/t16-/m1/s1. The van der Waals surface area contributed by atoms with Crippen molar-refractivity contribution in [2.75, 3.05) is 50.1 Å². The van der Waals surface area contributed by atoms with E-state index in [0.29, 0.717) is 18.9 Å². The smallest absolute Gasteiger partial charge is 0.225 e. The molecule has 2 aliphatic rings. The van der Waals surface area contributed by atoms with Crippen molar-refractivity contribution < 1.29 is 9.53 Å². The van der Waals surface area contributed by atoms with Gasteiger partial charge in [0, 0.05) is 44.4 Å². The number of amides is 1. The first kappa shape index (κ1) is 17.8. The Hall–Kier alpha value is -2.01. The van der Waals surface area contributed by atoms with Gasteiger partial charge >= 0.3 is 0 Å². The third kappa shape index (κ3) is 4.75. The van der Waals surface area contributed by atoms with Gasteiger partial charge in [0.15, 0.2) is 0 Å². The zero-order valence-electron chi connectivity index (χ0n) is 15.3. The SMILES string of the molecule is CCOc1cc(N2CCN(C)CC2)ccc1NC(=O)C[C@@H]1C=CCC1. The zero-order valence-corrected chi connectivity index (χ0v) is 15.3. The Morgan fingerprint density at radius 2 is 2.08 bits per heavy atom. The van der Waals surface area contributed by atoms with E-state index < -0.39 is 0 Å². The van der Waals surface area contributed by atoms with E-state index in [4.69, 9.17) is 4.74 Å². The molecular weight excluding hydrogens is 314 g/mol. The van der Waals surface area contributed by atoms with Gasteiger partial charge in [-0.15, -0.1) is 0 Å². The van der Waals surface area contributed by atoms with Crippen LogP contribution in [0.1, 0.15) is 26.2 Å². The minimum atomic E-state index is 0.0600. The van der Waals surface area contributed by atoms with Crippen LogP contribution in [-0.4, -0.2) is 50.6 Å². The number of carbonyl (C=O) groups is 1. The van der Waals surface area contributed by atoms with Gasteiger partial charge in [-0.2, -0.15) is 0 Å². The van der Waals surface area contributed by atoms with Crippen molar-refractivity contribution in [1.29, 1.82) is 0 Å². The average Bonchev–Trinajstić information content (AvgIpc) is 3.10. The van der Waals surface area contributed by atoms with Crippen LogP contribution in [-0.2, 0) is 4.79 Å². The van der Waals surface area contributed by atoms with Gasteiger partial charge in [0.2, 0.25) is 5.91 Å². The molecule has 25 heavy (non-hydrogen) atoms. The molecule has 1 aromatic rings. The molecule has 0 aromatic heterocycles. The number of likely N-dealkylation sites (N-methyl/N-ethyl adjacent to an activating group) is 1. The number of nitrogens with zero attached hydrogens (tertiary/aromatic N) is 2. The van der Waals surface area contributed by atoms with Crippen LogP contribution in [0, 0.1) is 5.92 Å². The maximum Gasteiger partial charge on any atom is 0.225 e. The lowest BCUT2D eigenvalue weighted by molar-refractivity contribution is -0.116. The molecule has 1 heterocycles. The molecule has 0 radical (unpaired) electrons. The molecule has 5 heteroatoms. The molecule has 0 unspecified atom stereocenters. The lowest BCUT2D eigenvalue weighted by atomic mass is 10.0. The molecular formula is C20H29N3O2. The molecule has 1 saturated heterocycles. The second kappa shape index (κ2) is 8.39. The van der Waals surface area contributed by atoms with Gasteiger partial charge in [0.25, 0.3) is 0 Å². The Bertz CT molecular complexity index is 621. The second-order valence-electron chi connectivity index (χ2n) is 6.92. The minimum absolute atomic E-state index is 0.0600. The quantitative estimate of drug-likeness (QED) is 0.806. The van der Waals surface area contributed by atoms with E-state index >= 15 is 0 Å². The number of rotatable bonds is 6. The molecule has 1 amide bonds. The second-order valence-corrected chi connectivity index (χ2v) is 6.92. The number of nitrogens with one attached hydrogen (secondary N) is 1. The van der Waals surface area contributed by atoms with Gasteiger partial charge in [0.05, 0.1) is 12.3 Å². The van der Waals surface area contributed by atoms with Crippen LogP contribution in [0.5, 0.6) is 5.75 Å². The molecule has 5 nitrogen and oxygen atoms in total. The van der Waals surface area contributed by atoms with E-state index in [9.17, 15) is 4.79 Å². The predicted octanol–water partition coefficient (Wildman–Crippen LogP) is 3.13. The molecule has 0 spiro atoms. The molecule has 136 valence electrons. The van der Waals surface area contributed by atoms with Crippen molar-refractivity contribution in [3.8, 4) is 5.75 Å². The average molecular weight is 343 g/mol. The van der Waals surface area contributed by atoms with Crippen LogP contribution < -0.4 is 15.0 Å². The molecule has 1 fully saturated rings. The summed E-state index contributed by atoms with van der Waals surface area (Å²) in [5.74, 6) is 1.19. The summed E-state index contributed by atoms with van der Waals surface area (Å²) < 4.78 is 5.79. The lowest BCUT2D eigenvalue weighted by Gasteiger charge is -2.34. The highest BCUT2D eigenvalue weighted by molar-refractivity contribution is 5.93. The van der Waals surface area contributed by atoms with Crippen LogP contribution in [0.25, 0.3) is 0 Å². The van der Waals surface area contributed by atoms with E-state index in [1.54, 1.807) is 0 Å². The van der Waals surface area contributed by atoms with E-state index in [2.05, 4.69) is 46.4 Å². The Morgan fingerprint density at radius 3 is 2.76 bits per heavy atom. The van der Waals surface area contributed by atoms with E-state index in [1.165, 1.54) is 0 Å². The Kier molecular flexibility index (Phi) is 5.97. The summed E-state index contributed by atoms with van der Waals surface area (Å²) in [4.78, 5) is 17.0. The van der Waals surface area contributed by atoms with E-state index in [0.717, 1.165) is 56.1 Å². The molecule has 1 atom stereocenters. The summed E-state index contributed by atoms with van der Waals surface area (Å²) in [6, 6.07) is 6.11. The largest absolute Gasteiger partial charge is 0.492 e. The number of benzene rings is 1. The summed E-state index contributed by atoms with van der Waals surface area (Å²) in [6.45, 7) is 6.72. The maximum absolute atomic E-state index is 12.3. The highest BCUT2D eigenvalue weighted by Gasteiger charge is 2.18. The third-order valence-corrected chi connectivity index (χ3v) is 4.97. The fraction of sp³-hybridized carbons (Fsp3) is 0.550. The lowest BCUT2D eigenvalue weighted by Crippen LogP contribution is -2.44. The molecule has 3 rings (SSSR count). The van der Waals surface area contributed by atoms with Crippen molar-refractivity contribution in [3.63, 3.8) is 0 Å². The predicted molar refractivity (Wildman–Crippen MR) is 102 cm³/mol. The molecule has 0 bridgehead atoms. The number of hydrogen-bond donors (Lipinski definition) is 1. The molecule has 1 aliphatic heterocycles. The first-order valence-corrected chi connectivity index (χ1v) is 9.32. The zero-order chi connectivity index (χ0) is 17.6. The number of ether oxygens (including phenoxy) is 1. The first-order chi connectivity index (χ1) is 12.2. The Labute approximate surface area is 150 Å². The maximum atomic E-state index is 12.3. The van der Waals surface area contributed by atoms with Crippen LogP contribution in [0.2, 0.25) is 0 Å². The number of hydrogen-bond acceptors (Lipinski definition) is 4. The van der Waals surface area contributed by atoms with Crippen molar-refractivity contribution in [2.24, 2.45) is 5.92 Å². The third-order valence-electron chi connectivity index (χ3n) is 4.97. The number of piperazine rings is 1. The number of carbonyl (C=O) groups excluding carboxylic acids is 1. The van der Waals surface area contributed by atoms with Crippen molar-refractivity contribution in [1.82, 2.24) is 4.90 Å². The van der Waals surface area contributed by atoms with Crippen LogP contribution in [0.15, 0.2) is 30.4 Å². The van der Waals surface area contributed by atoms with E-state index in [1.807, 2.05) is 13.0 Å². The molecule has 1 N–H and O–H groups in total. The summed E-state index contributed by atoms with van der Waals surface area (Å²) in [5, 5.41) is 3.03. The Morgan fingerprint density at radius 1 is 1.28 bits per heavy atom. The monoisotopic (exact) mass is 343 g/mol. The molecule has 0 saturated carbocycles. The highest BCUT2D eigenvalue weighted by atomic mass is 16.5. The fourth-order valence-electron chi connectivity index (χ4n) is 3.46. The molecule has 1 aliphatic carbocycles. The summed E-state index contributed by atoms with van der Waals surface area (Å²) in [7, 11) is 2.15. The van der Waals surface area contributed by atoms with Crippen LogP contribution in [0.4, 0.5) is 11.4 Å². The number of allylic oxidation sites excluding steroid dienone is 2. The topological polar surface area (TPSA) is 44.8 Å².